The Morgan fingerprint density at radius 2 is 1.54 bits per heavy atom. The molecule has 24 heavy (non-hydrogen) atoms. The highest BCUT2D eigenvalue weighted by Crippen LogP contribution is 2.30. The quantitative estimate of drug-likeness (QED) is 0.525. The van der Waals surface area contributed by atoms with Crippen molar-refractivity contribution in [2.24, 2.45) is 0 Å². The molecule has 1 N–H and O–H groups in total. The van der Waals surface area contributed by atoms with E-state index in [9.17, 15) is 5.11 Å². The normalized spacial score (nSPS) is 11.0. The van der Waals surface area contributed by atoms with Crippen LogP contribution < -0.4 is 0 Å². The van der Waals surface area contributed by atoms with Crippen molar-refractivity contribution in [2.45, 2.75) is 9.79 Å². The molecule has 0 bridgehead atoms. The molecule has 4 aromatic rings. The Kier molecular flexibility index (Phi) is 4.00. The molecule has 3 aromatic carbocycles. The van der Waals surface area contributed by atoms with Crippen molar-refractivity contribution in [1.82, 2.24) is 15.0 Å². The van der Waals surface area contributed by atoms with Gasteiger partial charge in [0.1, 0.15) is 22.5 Å². The molecule has 0 fully saturated rings. The van der Waals surface area contributed by atoms with Crippen molar-refractivity contribution >= 4 is 38.7 Å². The summed E-state index contributed by atoms with van der Waals surface area (Å²) >= 11 is 5.12. The van der Waals surface area contributed by atoms with Gasteiger partial charge in [0, 0.05) is 14.3 Å². The van der Waals surface area contributed by atoms with E-state index in [1.165, 1.54) is 4.80 Å². The van der Waals surface area contributed by atoms with Gasteiger partial charge in [-0.1, -0.05) is 39.8 Å². The number of benzene rings is 3. The molecule has 0 unspecified atom stereocenters. The van der Waals surface area contributed by atoms with E-state index in [4.69, 9.17) is 0 Å². The highest BCUT2D eigenvalue weighted by Gasteiger charge is 2.09. The Balaban J connectivity index is 1.68. The molecule has 1 heterocycles. The number of hydrogen-bond donors (Lipinski definition) is 1. The van der Waals surface area contributed by atoms with Gasteiger partial charge in [-0.2, -0.15) is 0 Å². The molecule has 0 aliphatic rings. The first-order valence-corrected chi connectivity index (χ1v) is 8.89. The molecule has 1 aromatic heterocycles. The first-order chi connectivity index (χ1) is 11.7. The zero-order valence-electron chi connectivity index (χ0n) is 12.4. The Morgan fingerprint density at radius 3 is 2.33 bits per heavy atom. The second kappa shape index (κ2) is 6.30. The van der Waals surface area contributed by atoms with Crippen LogP contribution in [-0.4, -0.2) is 20.1 Å². The van der Waals surface area contributed by atoms with Gasteiger partial charge in [0.05, 0.1) is 0 Å². The molecule has 0 atom stereocenters. The van der Waals surface area contributed by atoms with Gasteiger partial charge in [-0.05, 0) is 54.6 Å². The number of aromatic hydroxyl groups is 1. The summed E-state index contributed by atoms with van der Waals surface area (Å²) in [5.74, 6) is 0.155. The zero-order chi connectivity index (χ0) is 16.5. The topological polar surface area (TPSA) is 50.9 Å². The van der Waals surface area contributed by atoms with Crippen LogP contribution >= 0.6 is 27.7 Å². The second-order valence-electron chi connectivity index (χ2n) is 5.18. The Bertz CT molecular complexity index is 1010. The number of hydrogen-bond acceptors (Lipinski definition) is 4. The molecule has 0 saturated heterocycles. The van der Waals surface area contributed by atoms with Crippen molar-refractivity contribution in [2.75, 3.05) is 0 Å². The third-order valence-electron chi connectivity index (χ3n) is 3.50. The largest absolute Gasteiger partial charge is 0.506 e. The second-order valence-corrected chi connectivity index (χ2v) is 7.25. The summed E-state index contributed by atoms with van der Waals surface area (Å²) in [5, 5.41) is 18.9. The lowest BCUT2D eigenvalue weighted by atomic mass is 10.3. The molecule has 6 heteroatoms. The average molecular weight is 398 g/mol. The van der Waals surface area contributed by atoms with Crippen molar-refractivity contribution in [3.8, 4) is 11.4 Å². The predicted molar refractivity (Wildman–Crippen MR) is 98.8 cm³/mol. The van der Waals surface area contributed by atoms with Crippen LogP contribution in [0, 0.1) is 0 Å². The summed E-state index contributed by atoms with van der Waals surface area (Å²) in [7, 11) is 0. The SMILES string of the molecule is Oc1ccccc1-n1nc2ccc(Sc3ccc(Br)cc3)cc2n1. The van der Waals surface area contributed by atoms with Crippen LogP contribution in [0.2, 0.25) is 0 Å². The van der Waals surface area contributed by atoms with Crippen molar-refractivity contribution in [3.63, 3.8) is 0 Å². The summed E-state index contributed by atoms with van der Waals surface area (Å²) in [6.45, 7) is 0. The fourth-order valence-corrected chi connectivity index (χ4v) is 3.45. The minimum absolute atomic E-state index is 0.155. The summed E-state index contributed by atoms with van der Waals surface area (Å²) < 4.78 is 1.06. The molecule has 0 spiro atoms. The molecule has 4 rings (SSSR count). The van der Waals surface area contributed by atoms with E-state index in [1.54, 1.807) is 30.0 Å². The van der Waals surface area contributed by atoms with Gasteiger partial charge in [-0.25, -0.2) is 0 Å². The molecule has 0 amide bonds. The Hall–Kier alpha value is -2.31. The molecule has 118 valence electrons. The number of phenols is 1. The van der Waals surface area contributed by atoms with Gasteiger partial charge in [0.2, 0.25) is 0 Å². The molecule has 0 aliphatic carbocycles. The highest BCUT2D eigenvalue weighted by molar-refractivity contribution is 9.10. The molecule has 4 nitrogen and oxygen atoms in total. The lowest BCUT2D eigenvalue weighted by molar-refractivity contribution is 0.468. The third-order valence-corrected chi connectivity index (χ3v) is 5.02. The molecule has 0 aliphatic heterocycles. The van der Waals surface area contributed by atoms with Crippen LogP contribution in [0.5, 0.6) is 5.75 Å². The van der Waals surface area contributed by atoms with Crippen molar-refractivity contribution in [1.29, 1.82) is 0 Å². The van der Waals surface area contributed by atoms with Gasteiger partial charge in [-0.15, -0.1) is 15.0 Å². The average Bonchev–Trinajstić information content (AvgIpc) is 3.00. The maximum absolute atomic E-state index is 9.95. The van der Waals surface area contributed by atoms with Gasteiger partial charge >= 0.3 is 0 Å². The summed E-state index contributed by atoms with van der Waals surface area (Å²) in [6.07, 6.45) is 0. The van der Waals surface area contributed by atoms with Crippen LogP contribution in [0.1, 0.15) is 0 Å². The first kappa shape index (κ1) is 15.2. The van der Waals surface area contributed by atoms with Gasteiger partial charge in [0.25, 0.3) is 0 Å². The van der Waals surface area contributed by atoms with E-state index in [2.05, 4.69) is 38.3 Å². The van der Waals surface area contributed by atoms with Crippen LogP contribution in [0.25, 0.3) is 16.7 Å². The standard InChI is InChI=1S/C18H12BrN3OS/c19-12-5-7-13(8-6-12)24-14-9-10-15-16(11-14)21-22(20-15)17-3-1-2-4-18(17)23/h1-11,23H. The number of fused-ring (bicyclic) bond motifs is 1. The van der Waals surface area contributed by atoms with Gasteiger partial charge in [0.15, 0.2) is 0 Å². The highest BCUT2D eigenvalue weighted by atomic mass is 79.9. The van der Waals surface area contributed by atoms with E-state index in [0.29, 0.717) is 5.69 Å². The number of nitrogens with zero attached hydrogens (tertiary/aromatic N) is 3. The van der Waals surface area contributed by atoms with Crippen molar-refractivity contribution < 1.29 is 5.11 Å². The summed E-state index contributed by atoms with van der Waals surface area (Å²) in [6, 6.07) is 21.2. The Morgan fingerprint density at radius 1 is 0.833 bits per heavy atom. The fraction of sp³-hybridized carbons (Fsp3) is 0. The van der Waals surface area contributed by atoms with Gasteiger partial charge in [-0.3, -0.25) is 0 Å². The minimum atomic E-state index is 0.155. The first-order valence-electron chi connectivity index (χ1n) is 7.28. The van der Waals surface area contributed by atoms with E-state index in [-0.39, 0.29) is 5.75 Å². The molecule has 0 radical (unpaired) electrons. The van der Waals surface area contributed by atoms with Crippen molar-refractivity contribution in [3.05, 3.63) is 71.2 Å². The number of halogens is 1. The van der Waals surface area contributed by atoms with Crippen LogP contribution in [0.3, 0.4) is 0 Å². The zero-order valence-corrected chi connectivity index (χ0v) is 14.8. The molecular weight excluding hydrogens is 386 g/mol. The van der Waals surface area contributed by atoms with E-state index in [0.717, 1.165) is 25.3 Å². The van der Waals surface area contributed by atoms with Crippen LogP contribution in [0.15, 0.2) is 81.0 Å². The molecular formula is C18H12BrN3OS. The lowest BCUT2D eigenvalue weighted by Gasteiger charge is -2.01. The monoisotopic (exact) mass is 397 g/mol. The van der Waals surface area contributed by atoms with Crippen LogP contribution in [-0.2, 0) is 0 Å². The smallest absolute Gasteiger partial charge is 0.143 e. The fourth-order valence-electron chi connectivity index (χ4n) is 2.34. The minimum Gasteiger partial charge on any atom is -0.506 e. The third kappa shape index (κ3) is 3.02. The summed E-state index contributed by atoms with van der Waals surface area (Å²) in [4.78, 5) is 3.72. The summed E-state index contributed by atoms with van der Waals surface area (Å²) in [5.41, 5.74) is 2.15. The van der Waals surface area contributed by atoms with Crippen LogP contribution in [0.4, 0.5) is 0 Å². The number of rotatable bonds is 3. The maximum Gasteiger partial charge on any atom is 0.143 e. The number of aromatic nitrogens is 3. The predicted octanol–water partition coefficient (Wildman–Crippen LogP) is 5.04. The van der Waals surface area contributed by atoms with E-state index >= 15 is 0 Å². The number of phenolic OH excluding ortho intramolecular Hbond substituents is 1. The Labute approximate surface area is 151 Å². The number of para-hydroxylation sites is 2. The maximum atomic E-state index is 9.95. The lowest BCUT2D eigenvalue weighted by Crippen LogP contribution is -1.98. The molecule has 0 saturated carbocycles. The van der Waals surface area contributed by atoms with E-state index in [1.807, 2.05) is 36.4 Å². The van der Waals surface area contributed by atoms with Gasteiger partial charge < -0.3 is 5.11 Å². The van der Waals surface area contributed by atoms with E-state index < -0.39 is 0 Å².